The summed E-state index contributed by atoms with van der Waals surface area (Å²) in [7, 11) is 0. The topological polar surface area (TPSA) is 42.2 Å². The van der Waals surface area contributed by atoms with Gasteiger partial charge < -0.3 is 9.32 Å². The average molecular weight is 692 g/mol. The molecule has 2 heterocycles. The summed E-state index contributed by atoms with van der Waals surface area (Å²) in [5.74, 6) is 0.685. The third-order valence-corrected chi connectivity index (χ3v) is 10.1. The van der Waals surface area contributed by atoms with E-state index in [-0.39, 0.29) is 0 Å². The van der Waals surface area contributed by atoms with Crippen LogP contribution < -0.4 is 4.90 Å². The summed E-state index contributed by atoms with van der Waals surface area (Å²) in [6.07, 6.45) is 0. The number of rotatable bonds is 7. The monoisotopic (exact) mass is 691 g/mol. The minimum Gasteiger partial charge on any atom is -0.456 e. The Kier molecular flexibility index (Phi) is 7.77. The van der Waals surface area contributed by atoms with Crippen LogP contribution in [0.25, 0.3) is 77.7 Å². The van der Waals surface area contributed by atoms with Gasteiger partial charge >= 0.3 is 0 Å². The zero-order chi connectivity index (χ0) is 35.8. The number of nitrogens with zero attached hydrogens (tertiary/aromatic N) is 3. The van der Waals surface area contributed by atoms with Crippen molar-refractivity contribution in [2.75, 3.05) is 4.90 Å². The zero-order valence-corrected chi connectivity index (χ0v) is 29.3. The van der Waals surface area contributed by atoms with Crippen LogP contribution in [-0.4, -0.2) is 9.97 Å². The summed E-state index contributed by atoms with van der Waals surface area (Å²) in [5.41, 5.74) is 13.2. The summed E-state index contributed by atoms with van der Waals surface area (Å²) in [6.45, 7) is 0. The van der Waals surface area contributed by atoms with Crippen molar-refractivity contribution in [3.63, 3.8) is 0 Å². The quantitative estimate of drug-likeness (QED) is 0.167. The number of hydrogen-bond acceptors (Lipinski definition) is 4. The van der Waals surface area contributed by atoms with Gasteiger partial charge in [0.2, 0.25) is 0 Å². The third-order valence-electron chi connectivity index (χ3n) is 10.1. The van der Waals surface area contributed by atoms with Crippen LogP contribution in [0.3, 0.4) is 0 Å². The van der Waals surface area contributed by atoms with Crippen molar-refractivity contribution in [3.05, 3.63) is 200 Å². The molecule has 10 aromatic rings. The van der Waals surface area contributed by atoms with Crippen molar-refractivity contribution >= 4 is 49.9 Å². The Morgan fingerprint density at radius 3 is 1.74 bits per heavy atom. The van der Waals surface area contributed by atoms with Crippen LogP contribution in [0.1, 0.15) is 0 Å². The molecule has 254 valence electrons. The first-order chi connectivity index (χ1) is 26.8. The summed E-state index contributed by atoms with van der Waals surface area (Å²) in [4.78, 5) is 12.6. The lowest BCUT2D eigenvalue weighted by molar-refractivity contribution is 0.669. The molecule has 0 aliphatic carbocycles. The predicted molar refractivity (Wildman–Crippen MR) is 223 cm³/mol. The molecule has 4 heteroatoms. The van der Waals surface area contributed by atoms with Gasteiger partial charge in [0.1, 0.15) is 11.2 Å². The van der Waals surface area contributed by atoms with Crippen molar-refractivity contribution in [3.8, 4) is 44.9 Å². The molecule has 0 N–H and O–H groups in total. The molecule has 8 aromatic carbocycles. The van der Waals surface area contributed by atoms with Crippen molar-refractivity contribution in [1.29, 1.82) is 0 Å². The molecule has 0 aliphatic heterocycles. The molecule has 2 aromatic heterocycles. The number of aromatic nitrogens is 2. The van der Waals surface area contributed by atoms with E-state index in [2.05, 4.69) is 181 Å². The normalized spacial score (nSPS) is 11.3. The number of furan rings is 1. The number of hydrogen-bond donors (Lipinski definition) is 0. The van der Waals surface area contributed by atoms with Gasteiger partial charge in [-0.3, -0.25) is 0 Å². The molecule has 4 nitrogen and oxygen atoms in total. The number of fused-ring (bicyclic) bond motifs is 4. The van der Waals surface area contributed by atoms with Crippen LogP contribution in [-0.2, 0) is 0 Å². The van der Waals surface area contributed by atoms with E-state index in [1.54, 1.807) is 0 Å². The molecule has 0 bridgehead atoms. The smallest absolute Gasteiger partial charge is 0.160 e. The summed E-state index contributed by atoms with van der Waals surface area (Å²) < 4.78 is 6.68. The van der Waals surface area contributed by atoms with Gasteiger partial charge in [0, 0.05) is 33.3 Å². The van der Waals surface area contributed by atoms with E-state index < -0.39 is 0 Å². The highest BCUT2D eigenvalue weighted by atomic mass is 16.3. The first-order valence-electron chi connectivity index (χ1n) is 18.2. The molecule has 10 rings (SSSR count). The molecule has 0 spiro atoms. The highest BCUT2D eigenvalue weighted by Crippen LogP contribution is 2.44. The van der Waals surface area contributed by atoms with Gasteiger partial charge in [0.15, 0.2) is 5.82 Å². The number of para-hydroxylation sites is 2. The van der Waals surface area contributed by atoms with Gasteiger partial charge in [-0.25, -0.2) is 9.97 Å². The Hall–Kier alpha value is -7.30. The summed E-state index contributed by atoms with van der Waals surface area (Å²) in [5, 5.41) is 3.09. The van der Waals surface area contributed by atoms with Gasteiger partial charge in [-0.1, -0.05) is 140 Å². The second-order valence-electron chi connectivity index (χ2n) is 13.4. The third kappa shape index (κ3) is 5.67. The zero-order valence-electron chi connectivity index (χ0n) is 29.3. The van der Waals surface area contributed by atoms with E-state index in [0.717, 1.165) is 77.9 Å². The van der Waals surface area contributed by atoms with Crippen molar-refractivity contribution in [2.45, 2.75) is 0 Å². The lowest BCUT2D eigenvalue weighted by Gasteiger charge is -2.26. The predicted octanol–water partition coefficient (Wildman–Crippen LogP) is 13.7. The van der Waals surface area contributed by atoms with Crippen LogP contribution in [0, 0.1) is 0 Å². The van der Waals surface area contributed by atoms with Crippen LogP contribution in [0.2, 0.25) is 0 Å². The highest BCUT2D eigenvalue weighted by Gasteiger charge is 2.21. The van der Waals surface area contributed by atoms with Crippen LogP contribution in [0.15, 0.2) is 205 Å². The maximum absolute atomic E-state index is 6.68. The lowest BCUT2D eigenvalue weighted by Crippen LogP contribution is -2.10. The fourth-order valence-electron chi connectivity index (χ4n) is 7.47. The minimum absolute atomic E-state index is 0.685. The van der Waals surface area contributed by atoms with Gasteiger partial charge in [-0.15, -0.1) is 0 Å². The summed E-state index contributed by atoms with van der Waals surface area (Å²) in [6, 6.07) is 69.6. The Bertz CT molecular complexity index is 2920. The van der Waals surface area contributed by atoms with Crippen molar-refractivity contribution in [1.82, 2.24) is 9.97 Å². The molecular weight excluding hydrogens is 659 g/mol. The fraction of sp³-hybridized carbons (Fsp3) is 0. The van der Waals surface area contributed by atoms with Crippen LogP contribution in [0.5, 0.6) is 0 Å². The fourth-order valence-corrected chi connectivity index (χ4v) is 7.47. The van der Waals surface area contributed by atoms with Crippen LogP contribution >= 0.6 is 0 Å². The molecule has 54 heavy (non-hydrogen) atoms. The van der Waals surface area contributed by atoms with E-state index in [1.165, 1.54) is 11.1 Å². The Labute approximate surface area is 313 Å². The standard InChI is InChI=1S/C50H33N3O/c1-4-14-34(15-5-1)36-26-29-41(30-27-36)53(40-20-8-3-9-21-40)45-24-13-25-46-48(45)43-31-28-38(33-47(43)54-46)49-42-22-10-11-23-44(42)51-50(52-49)39-19-12-18-37(32-39)35-16-6-2-7-17-35/h1-33H. The number of anilines is 3. The Morgan fingerprint density at radius 1 is 0.370 bits per heavy atom. The van der Waals surface area contributed by atoms with Gasteiger partial charge in [0.05, 0.1) is 22.3 Å². The highest BCUT2D eigenvalue weighted by molar-refractivity contribution is 6.14. The van der Waals surface area contributed by atoms with Gasteiger partial charge in [-0.2, -0.15) is 0 Å². The molecule has 0 fully saturated rings. The second kappa shape index (κ2) is 13.4. The molecule has 0 radical (unpaired) electrons. The molecule has 0 amide bonds. The molecule has 0 saturated carbocycles. The maximum atomic E-state index is 6.68. The SMILES string of the molecule is c1ccc(-c2ccc(N(c3ccccc3)c3cccc4oc5cc(-c6nc(-c7cccc(-c8ccccc8)c7)nc7ccccc67)ccc5c34)cc2)cc1. The molecule has 0 unspecified atom stereocenters. The Morgan fingerprint density at radius 2 is 0.963 bits per heavy atom. The first kappa shape index (κ1) is 31.4. The maximum Gasteiger partial charge on any atom is 0.160 e. The minimum atomic E-state index is 0.685. The molecular formula is C50H33N3O. The summed E-state index contributed by atoms with van der Waals surface area (Å²) >= 11 is 0. The second-order valence-corrected chi connectivity index (χ2v) is 13.4. The molecule has 0 saturated heterocycles. The van der Waals surface area contributed by atoms with Gasteiger partial charge in [0.25, 0.3) is 0 Å². The molecule has 0 aliphatic rings. The largest absolute Gasteiger partial charge is 0.456 e. The number of benzene rings is 8. The van der Waals surface area contributed by atoms with Crippen LogP contribution in [0.4, 0.5) is 17.1 Å². The van der Waals surface area contributed by atoms with E-state index >= 15 is 0 Å². The average Bonchev–Trinajstić information content (AvgIpc) is 3.63. The first-order valence-corrected chi connectivity index (χ1v) is 18.2. The molecule has 0 atom stereocenters. The van der Waals surface area contributed by atoms with E-state index in [4.69, 9.17) is 14.4 Å². The van der Waals surface area contributed by atoms with E-state index in [1.807, 2.05) is 24.3 Å². The van der Waals surface area contributed by atoms with Gasteiger partial charge in [-0.05, 0) is 82.9 Å². The van der Waals surface area contributed by atoms with E-state index in [9.17, 15) is 0 Å². The Balaban J connectivity index is 1.10. The van der Waals surface area contributed by atoms with Crippen molar-refractivity contribution < 1.29 is 4.42 Å². The lowest BCUT2D eigenvalue weighted by atomic mass is 10.0. The van der Waals surface area contributed by atoms with Crippen molar-refractivity contribution in [2.24, 2.45) is 0 Å². The van der Waals surface area contributed by atoms with E-state index in [0.29, 0.717) is 5.82 Å².